The van der Waals surface area contributed by atoms with Gasteiger partial charge in [-0.1, -0.05) is 6.42 Å². The van der Waals surface area contributed by atoms with E-state index >= 15 is 0 Å². The van der Waals surface area contributed by atoms with Gasteiger partial charge in [0, 0.05) is 18.7 Å². The maximum Gasteiger partial charge on any atom is 0.251 e. The number of hydrogen-bond acceptors (Lipinski definition) is 2. The second kappa shape index (κ2) is 5.47. The summed E-state index contributed by atoms with van der Waals surface area (Å²) in [7, 11) is 0. The highest BCUT2D eigenvalue weighted by molar-refractivity contribution is 5.94. The Kier molecular flexibility index (Phi) is 3.66. The van der Waals surface area contributed by atoms with Crippen LogP contribution in [-0.4, -0.2) is 24.9 Å². The van der Waals surface area contributed by atoms with E-state index in [1.807, 2.05) is 0 Å². The van der Waals surface area contributed by atoms with Crippen molar-refractivity contribution >= 4 is 11.8 Å². The average Bonchev–Trinajstić information content (AvgIpc) is 3.06. The molecule has 1 aromatic carbocycles. The summed E-state index contributed by atoms with van der Waals surface area (Å²) in [4.78, 5) is 23.9. The highest BCUT2D eigenvalue weighted by Crippen LogP contribution is 2.63. The van der Waals surface area contributed by atoms with Gasteiger partial charge in [-0.15, -0.1) is 0 Å². The summed E-state index contributed by atoms with van der Waals surface area (Å²) in [5.41, 5.74) is 0.334. The van der Waals surface area contributed by atoms with E-state index in [1.54, 1.807) is 0 Å². The molecule has 3 rings (SSSR count). The lowest BCUT2D eigenvalue weighted by Gasteiger charge is -2.13. The molecule has 4 nitrogen and oxygen atoms in total. The molecule has 21 heavy (non-hydrogen) atoms. The maximum absolute atomic E-state index is 12.8. The van der Waals surface area contributed by atoms with Crippen LogP contribution in [0, 0.1) is 17.2 Å². The largest absolute Gasteiger partial charge is 0.354 e. The first-order chi connectivity index (χ1) is 10.1. The highest BCUT2D eigenvalue weighted by atomic mass is 19.1. The smallest absolute Gasteiger partial charge is 0.251 e. The van der Waals surface area contributed by atoms with Crippen molar-refractivity contribution in [3.8, 4) is 0 Å². The summed E-state index contributed by atoms with van der Waals surface area (Å²) in [5.74, 6) is 0.105. The van der Waals surface area contributed by atoms with Gasteiger partial charge in [0.25, 0.3) is 5.91 Å². The normalized spacial score (nSPS) is 26.0. The third-order valence-electron chi connectivity index (χ3n) is 4.66. The van der Waals surface area contributed by atoms with Crippen LogP contribution >= 0.6 is 0 Å². The van der Waals surface area contributed by atoms with Gasteiger partial charge < -0.3 is 10.6 Å². The predicted molar refractivity (Wildman–Crippen MR) is 76.1 cm³/mol. The lowest BCUT2D eigenvalue weighted by atomic mass is 10.0. The van der Waals surface area contributed by atoms with Crippen molar-refractivity contribution in [2.24, 2.45) is 11.3 Å². The van der Waals surface area contributed by atoms with Crippen molar-refractivity contribution in [3.63, 3.8) is 0 Å². The molecule has 2 saturated carbocycles. The summed E-state index contributed by atoms with van der Waals surface area (Å²) < 4.78 is 12.8. The molecule has 2 amide bonds. The molecule has 2 aliphatic rings. The molecule has 1 aromatic rings. The van der Waals surface area contributed by atoms with Crippen molar-refractivity contribution in [3.05, 3.63) is 35.6 Å². The fourth-order valence-electron chi connectivity index (χ4n) is 3.35. The molecule has 2 aliphatic carbocycles. The number of halogens is 1. The Morgan fingerprint density at radius 3 is 2.52 bits per heavy atom. The van der Waals surface area contributed by atoms with E-state index in [0.29, 0.717) is 24.6 Å². The van der Waals surface area contributed by atoms with Crippen LogP contribution < -0.4 is 10.6 Å². The van der Waals surface area contributed by atoms with Gasteiger partial charge in [-0.05, 0) is 49.4 Å². The molecule has 2 N–H and O–H groups in total. The second-order valence-electron chi connectivity index (χ2n) is 5.97. The Hall–Kier alpha value is -1.91. The Labute approximate surface area is 123 Å². The van der Waals surface area contributed by atoms with Gasteiger partial charge in [0.2, 0.25) is 5.91 Å². The maximum atomic E-state index is 12.8. The lowest BCUT2D eigenvalue weighted by Crippen LogP contribution is -2.38. The number of nitrogens with one attached hydrogen (secondary N) is 2. The van der Waals surface area contributed by atoms with Crippen molar-refractivity contribution in [2.75, 3.05) is 13.1 Å². The lowest BCUT2D eigenvalue weighted by molar-refractivity contribution is -0.126. The fourth-order valence-corrected chi connectivity index (χ4v) is 3.35. The van der Waals surface area contributed by atoms with Gasteiger partial charge in [-0.3, -0.25) is 9.59 Å². The van der Waals surface area contributed by atoms with Gasteiger partial charge in [0.05, 0.1) is 5.41 Å². The molecular weight excluding hydrogens is 271 g/mol. The molecule has 112 valence electrons. The van der Waals surface area contributed by atoms with E-state index in [9.17, 15) is 14.0 Å². The van der Waals surface area contributed by atoms with Gasteiger partial charge in [0.1, 0.15) is 5.82 Å². The molecule has 5 heteroatoms. The number of carbonyl (C=O) groups excluding carboxylic acids is 2. The van der Waals surface area contributed by atoms with E-state index < -0.39 is 0 Å². The van der Waals surface area contributed by atoms with Crippen LogP contribution in [0.1, 0.15) is 36.0 Å². The van der Waals surface area contributed by atoms with E-state index in [-0.39, 0.29) is 23.0 Å². The number of rotatable bonds is 5. The highest BCUT2D eigenvalue weighted by Gasteiger charge is 2.61. The minimum atomic E-state index is -0.367. The molecule has 0 bridgehead atoms. The molecule has 2 atom stereocenters. The fraction of sp³-hybridized carbons (Fsp3) is 0.500. The van der Waals surface area contributed by atoms with Gasteiger partial charge in [-0.2, -0.15) is 0 Å². The summed E-state index contributed by atoms with van der Waals surface area (Å²) >= 11 is 0. The predicted octanol–water partition coefficient (Wildman–Crippen LogP) is 1.86. The first-order valence-corrected chi connectivity index (χ1v) is 7.44. The quantitative estimate of drug-likeness (QED) is 0.813. The van der Waals surface area contributed by atoms with E-state index in [1.165, 1.54) is 30.7 Å². The SMILES string of the molecule is O=C(NCCNC(=O)C12CCCC1C2)c1ccc(F)cc1. The molecule has 0 heterocycles. The summed E-state index contributed by atoms with van der Waals surface area (Å²) in [6.07, 6.45) is 4.36. The number of carbonyl (C=O) groups is 2. The van der Waals surface area contributed by atoms with Crippen LogP contribution in [0.25, 0.3) is 0 Å². The Bertz CT molecular complexity index is 558. The zero-order valence-corrected chi connectivity index (χ0v) is 11.8. The molecule has 0 radical (unpaired) electrons. The Balaban J connectivity index is 1.39. The number of benzene rings is 1. The third-order valence-corrected chi connectivity index (χ3v) is 4.66. The van der Waals surface area contributed by atoms with Crippen molar-refractivity contribution in [1.29, 1.82) is 0 Å². The standard InChI is InChI=1S/C16H19FN2O2/c17-13-5-3-11(4-6-13)14(20)18-8-9-19-15(21)16-7-1-2-12(16)10-16/h3-6,12H,1-2,7-10H2,(H,18,20)(H,19,21). The van der Waals surface area contributed by atoms with Crippen LogP contribution in [0.15, 0.2) is 24.3 Å². The van der Waals surface area contributed by atoms with E-state index in [2.05, 4.69) is 10.6 Å². The minimum absolute atomic E-state index is 0.0824. The second-order valence-corrected chi connectivity index (χ2v) is 5.97. The molecule has 2 fully saturated rings. The third kappa shape index (κ3) is 2.77. The minimum Gasteiger partial charge on any atom is -0.354 e. The first-order valence-electron chi connectivity index (χ1n) is 7.44. The van der Waals surface area contributed by atoms with E-state index in [0.717, 1.165) is 19.3 Å². The monoisotopic (exact) mass is 290 g/mol. The number of fused-ring (bicyclic) bond motifs is 1. The Morgan fingerprint density at radius 2 is 1.90 bits per heavy atom. The summed E-state index contributed by atoms with van der Waals surface area (Å²) in [6.45, 7) is 0.808. The summed E-state index contributed by atoms with van der Waals surface area (Å²) in [5, 5.41) is 5.62. The molecular formula is C16H19FN2O2. The zero-order valence-electron chi connectivity index (χ0n) is 11.8. The van der Waals surface area contributed by atoms with Crippen molar-refractivity contribution in [1.82, 2.24) is 10.6 Å². The average molecular weight is 290 g/mol. The number of hydrogen-bond donors (Lipinski definition) is 2. The molecule has 0 aliphatic heterocycles. The van der Waals surface area contributed by atoms with Crippen LogP contribution in [0.3, 0.4) is 0 Å². The number of amides is 2. The first kappa shape index (κ1) is 14.0. The van der Waals surface area contributed by atoms with Crippen LogP contribution in [0.5, 0.6) is 0 Å². The van der Waals surface area contributed by atoms with Crippen LogP contribution in [-0.2, 0) is 4.79 Å². The van der Waals surface area contributed by atoms with E-state index in [4.69, 9.17) is 0 Å². The molecule has 0 saturated heterocycles. The van der Waals surface area contributed by atoms with Crippen molar-refractivity contribution in [2.45, 2.75) is 25.7 Å². The van der Waals surface area contributed by atoms with Crippen LogP contribution in [0.2, 0.25) is 0 Å². The van der Waals surface area contributed by atoms with Gasteiger partial charge in [-0.25, -0.2) is 4.39 Å². The Morgan fingerprint density at radius 1 is 1.19 bits per heavy atom. The van der Waals surface area contributed by atoms with Gasteiger partial charge in [0.15, 0.2) is 0 Å². The molecule has 0 aromatic heterocycles. The molecule has 0 spiro atoms. The molecule has 2 unspecified atom stereocenters. The summed E-state index contributed by atoms with van der Waals surface area (Å²) in [6, 6.07) is 5.39. The van der Waals surface area contributed by atoms with Gasteiger partial charge >= 0.3 is 0 Å². The van der Waals surface area contributed by atoms with Crippen molar-refractivity contribution < 1.29 is 14.0 Å². The van der Waals surface area contributed by atoms with Crippen LogP contribution in [0.4, 0.5) is 4.39 Å². The zero-order chi connectivity index (χ0) is 14.9. The topological polar surface area (TPSA) is 58.2 Å².